The highest BCUT2D eigenvalue weighted by atomic mass is 16.5. The lowest BCUT2D eigenvalue weighted by molar-refractivity contribution is -0.117. The maximum absolute atomic E-state index is 13.2. The lowest BCUT2D eigenvalue weighted by atomic mass is 9.87. The van der Waals surface area contributed by atoms with Gasteiger partial charge in [0, 0.05) is 54.7 Å². The van der Waals surface area contributed by atoms with Gasteiger partial charge in [0.1, 0.15) is 68.7 Å². The average molecular weight is 1190 g/mol. The molecule has 0 saturated carbocycles. The summed E-state index contributed by atoms with van der Waals surface area (Å²) >= 11 is 0. The van der Waals surface area contributed by atoms with Crippen molar-refractivity contribution in [3.8, 4) is 52.3 Å². The molecule has 0 aliphatic carbocycles. The smallest absolute Gasteiger partial charge is 0.269 e. The number of aromatic nitrogens is 7. The van der Waals surface area contributed by atoms with Crippen LogP contribution in [0.5, 0.6) is 23.3 Å². The van der Waals surface area contributed by atoms with Gasteiger partial charge in [-0.1, -0.05) is 113 Å². The van der Waals surface area contributed by atoms with E-state index in [1.165, 1.54) is 34.3 Å². The third kappa shape index (κ3) is 15.6. The van der Waals surface area contributed by atoms with Gasteiger partial charge < -0.3 is 24.5 Å². The van der Waals surface area contributed by atoms with Gasteiger partial charge in [-0.05, 0) is 132 Å². The lowest BCUT2D eigenvalue weighted by Gasteiger charge is -2.19. The van der Waals surface area contributed by atoms with Crippen LogP contribution in [0, 0.1) is 22.7 Å². The Morgan fingerprint density at radius 1 is 0.667 bits per heavy atom. The molecule has 7 aromatic heterocycles. The Labute approximate surface area is 517 Å². The van der Waals surface area contributed by atoms with E-state index in [1.807, 2.05) is 133 Å². The second-order valence-electron chi connectivity index (χ2n) is 20.8. The number of furan rings is 1. The minimum atomic E-state index is -0.648. The number of pyridine rings is 3. The van der Waals surface area contributed by atoms with Crippen LogP contribution in [0.1, 0.15) is 71.6 Å². The van der Waals surface area contributed by atoms with Crippen molar-refractivity contribution in [2.24, 2.45) is 0 Å². The Bertz CT molecular complexity index is 4650. The molecule has 4 aromatic carbocycles. The molecule has 0 spiro atoms. The van der Waals surface area contributed by atoms with Crippen LogP contribution in [0.25, 0.3) is 46.5 Å². The number of nitriles is 2. The molecule has 19 nitrogen and oxygen atoms in total. The van der Waals surface area contributed by atoms with Crippen LogP contribution in [-0.2, 0) is 28.0 Å². The number of para-hydroxylation sites is 1. The summed E-state index contributed by atoms with van der Waals surface area (Å²) in [6.45, 7) is 8.48. The predicted molar refractivity (Wildman–Crippen MR) is 342 cm³/mol. The van der Waals surface area contributed by atoms with Crippen molar-refractivity contribution in [2.45, 2.75) is 46.1 Å². The largest absolute Gasteiger partial charge is 0.467 e. The van der Waals surface area contributed by atoms with Crippen LogP contribution in [0.4, 0.5) is 0 Å². The molecule has 90 heavy (non-hydrogen) atoms. The number of fused-ring (bicyclic) bond motifs is 2. The minimum absolute atomic E-state index is 0.00188. The fourth-order valence-electron chi connectivity index (χ4n) is 8.82. The molecule has 0 fully saturated rings. The molecule has 0 bridgehead atoms. The van der Waals surface area contributed by atoms with Crippen LogP contribution in [0.15, 0.2) is 238 Å². The van der Waals surface area contributed by atoms with E-state index in [-0.39, 0.29) is 51.8 Å². The molecule has 2 N–H and O–H groups in total. The molecule has 0 atom stereocenters. The third-order valence-corrected chi connectivity index (χ3v) is 13.7. The van der Waals surface area contributed by atoms with E-state index in [2.05, 4.69) is 46.4 Å². The Morgan fingerprint density at radius 3 is 1.76 bits per heavy atom. The van der Waals surface area contributed by atoms with Crippen LogP contribution in [-0.4, -0.2) is 58.2 Å². The van der Waals surface area contributed by atoms with Gasteiger partial charge in [-0.25, -0.2) is 4.68 Å². The molecular weight excluding hydrogens is 1130 g/mol. The molecule has 0 aliphatic heterocycles. The van der Waals surface area contributed by atoms with Crippen molar-refractivity contribution in [3.63, 3.8) is 0 Å². The minimum Gasteiger partial charge on any atom is -0.467 e. The first-order chi connectivity index (χ1) is 43.6. The SMILES string of the molecule is CCc1ccc(Oc2nc3ccccn3c(=O)c2/C=C(\C#N)C(=O)NCc2ccco2)cc1.CNC(=O)/C(C#N)=C/c1c(Oc2ccc(C(C)(C)C)cc2)nc2ccccn2c1=O.O=C(/C=C/c1cn(-c2ccccc2)nc1-c1cccnc1)c1ccccc1. The lowest BCUT2D eigenvalue weighted by Crippen LogP contribution is -2.24. The van der Waals surface area contributed by atoms with E-state index in [0.29, 0.717) is 34.1 Å². The second-order valence-corrected chi connectivity index (χ2v) is 20.8. The molecule has 0 aliphatic rings. The van der Waals surface area contributed by atoms with Gasteiger partial charge in [0.05, 0.1) is 18.5 Å². The molecule has 0 unspecified atom stereocenters. The maximum Gasteiger partial charge on any atom is 0.269 e. The van der Waals surface area contributed by atoms with Crippen molar-refractivity contribution in [2.75, 3.05) is 7.05 Å². The van der Waals surface area contributed by atoms with Gasteiger partial charge in [0.15, 0.2) is 5.78 Å². The molecule has 19 heteroatoms. The number of aryl methyl sites for hydroxylation is 1. The zero-order valence-electron chi connectivity index (χ0n) is 49.6. The van der Waals surface area contributed by atoms with Crippen molar-refractivity contribution < 1.29 is 28.3 Å². The van der Waals surface area contributed by atoms with E-state index < -0.39 is 22.9 Å². The van der Waals surface area contributed by atoms with Crippen molar-refractivity contribution in [3.05, 3.63) is 284 Å². The normalized spacial score (nSPS) is 11.3. The summed E-state index contributed by atoms with van der Waals surface area (Å²) in [5.74, 6) is 0.236. The fourth-order valence-corrected chi connectivity index (χ4v) is 8.82. The summed E-state index contributed by atoms with van der Waals surface area (Å²) in [7, 11) is 1.41. The summed E-state index contributed by atoms with van der Waals surface area (Å²) in [5.41, 5.74) is 5.78. The number of rotatable bonds is 16. The van der Waals surface area contributed by atoms with Gasteiger partial charge in [-0.15, -0.1) is 0 Å². The van der Waals surface area contributed by atoms with E-state index in [1.54, 1.807) is 104 Å². The van der Waals surface area contributed by atoms with Gasteiger partial charge in [0.25, 0.3) is 22.9 Å². The van der Waals surface area contributed by atoms with Crippen molar-refractivity contribution in [1.82, 2.24) is 44.2 Å². The van der Waals surface area contributed by atoms with Gasteiger partial charge >= 0.3 is 0 Å². The van der Waals surface area contributed by atoms with E-state index in [9.17, 15) is 34.5 Å². The molecule has 446 valence electrons. The molecule has 11 rings (SSSR count). The van der Waals surface area contributed by atoms with Gasteiger partial charge in [0.2, 0.25) is 11.8 Å². The Balaban J connectivity index is 0.000000161. The number of benzene rings is 4. The second kappa shape index (κ2) is 29.2. The molecule has 2 amide bonds. The maximum atomic E-state index is 13.2. The molecule has 0 radical (unpaired) electrons. The summed E-state index contributed by atoms with van der Waals surface area (Å²) in [5, 5.41) is 28.6. The number of carbonyl (C=O) groups excluding carboxylic acids is 3. The summed E-state index contributed by atoms with van der Waals surface area (Å²) < 4.78 is 21.5. The number of amides is 2. The summed E-state index contributed by atoms with van der Waals surface area (Å²) in [6, 6.07) is 55.1. The number of carbonyl (C=O) groups is 3. The van der Waals surface area contributed by atoms with Crippen LogP contribution in [0.3, 0.4) is 0 Å². The predicted octanol–water partition coefficient (Wildman–Crippen LogP) is 12.1. The number of hydrogen-bond donors (Lipinski definition) is 2. The molecule has 11 aromatic rings. The van der Waals surface area contributed by atoms with Crippen molar-refractivity contribution >= 4 is 47.1 Å². The highest BCUT2D eigenvalue weighted by molar-refractivity contribution is 6.07. The number of hydrogen-bond acceptors (Lipinski definition) is 14. The first-order valence-electron chi connectivity index (χ1n) is 28.3. The fraction of sp³-hybridized carbons (Fsp3) is 0.113. The van der Waals surface area contributed by atoms with Gasteiger partial charge in [-0.2, -0.15) is 25.6 Å². The van der Waals surface area contributed by atoms with E-state index in [0.717, 1.165) is 40.1 Å². The highest BCUT2D eigenvalue weighted by Gasteiger charge is 2.21. The van der Waals surface area contributed by atoms with Crippen LogP contribution in [0.2, 0.25) is 0 Å². The Morgan fingerprint density at radius 2 is 1.23 bits per heavy atom. The summed E-state index contributed by atoms with van der Waals surface area (Å²) in [4.78, 5) is 76.3. The molecular formula is C71H59N11O8. The Kier molecular flexibility index (Phi) is 20.1. The number of likely N-dealkylation sites (N-methyl/N-ethyl adjacent to an activating group) is 1. The molecule has 7 heterocycles. The van der Waals surface area contributed by atoms with Crippen LogP contribution < -0.4 is 31.2 Å². The number of allylic oxidation sites excluding steroid dienone is 1. The topological polar surface area (TPSA) is 254 Å². The monoisotopic (exact) mass is 1190 g/mol. The number of ketones is 1. The van der Waals surface area contributed by atoms with Crippen molar-refractivity contribution in [1.29, 1.82) is 10.5 Å². The number of nitrogens with zero attached hydrogens (tertiary/aromatic N) is 9. The Hall–Kier alpha value is -12.4. The van der Waals surface area contributed by atoms with Gasteiger partial charge in [-0.3, -0.25) is 37.8 Å². The third-order valence-electron chi connectivity index (χ3n) is 13.7. The standard InChI is InChI=1S/C25H20N4O4.C23H22N4O3.C23H17N3O/c1-2-17-8-10-19(11-9-17)33-24-21(25(31)29-12-4-3-7-22(29)28-24)14-18(15-26)23(30)27-16-20-6-5-13-32-20;1-23(2,3)16-8-10-17(11-9-16)30-21-18(13-15(14-24)20(28)25-4)22(29)27-12-6-5-7-19(27)26-21;27-22(18-8-3-1-4-9-18)14-13-20-17-26(21-11-5-2-6-12-21)25-23(20)19-10-7-15-24-16-19/h3-14H,2,16H2,1H3,(H,27,30);5-13H,1-4H3,(H,25,28);1-17H/b18-14+;15-13+;14-13+. The zero-order valence-corrected chi connectivity index (χ0v) is 49.6. The first kappa shape index (κ1) is 62.2. The highest BCUT2D eigenvalue weighted by Crippen LogP contribution is 2.30. The van der Waals surface area contributed by atoms with E-state index >= 15 is 0 Å². The number of nitrogens with one attached hydrogen (secondary N) is 2. The molecule has 0 saturated heterocycles. The quantitative estimate of drug-likeness (QED) is 0.0518. The first-order valence-corrected chi connectivity index (χ1v) is 28.3. The van der Waals surface area contributed by atoms with E-state index in [4.69, 9.17) is 19.0 Å². The van der Waals surface area contributed by atoms with Crippen LogP contribution >= 0.6 is 0 Å². The summed E-state index contributed by atoms with van der Waals surface area (Å²) in [6.07, 6.45) is 16.7. The zero-order chi connectivity index (χ0) is 63.6. The average Bonchev–Trinajstić information content (AvgIpc) is 1.05. The number of ether oxygens (including phenoxy) is 2.